The fourth-order valence-electron chi connectivity index (χ4n) is 4.58. The van der Waals surface area contributed by atoms with Gasteiger partial charge in [-0.1, -0.05) is 55.0 Å². The summed E-state index contributed by atoms with van der Waals surface area (Å²) in [5.41, 5.74) is 4.07. The highest BCUT2D eigenvalue weighted by Gasteiger charge is 2.45. The largest absolute Gasteiger partial charge is 0.466 e. The highest BCUT2D eigenvalue weighted by molar-refractivity contribution is 7.80. The molecule has 31 heavy (non-hydrogen) atoms. The van der Waals surface area contributed by atoms with Gasteiger partial charge in [0.1, 0.15) is 5.60 Å². The maximum atomic E-state index is 9.13. The van der Waals surface area contributed by atoms with E-state index in [2.05, 4.69) is 25.1 Å². The maximum Gasteiger partial charge on any atom is 0.225 e. The van der Waals surface area contributed by atoms with Crippen LogP contribution in [-0.4, -0.2) is 23.2 Å². The molecule has 1 saturated carbocycles. The number of benzene rings is 2. The molecule has 2 aromatic rings. The van der Waals surface area contributed by atoms with Gasteiger partial charge in [0.05, 0.1) is 12.5 Å². The average Bonchev–Trinajstić information content (AvgIpc) is 3.06. The van der Waals surface area contributed by atoms with Crippen LogP contribution in [0.5, 0.6) is 0 Å². The van der Waals surface area contributed by atoms with Crippen molar-refractivity contribution in [2.24, 2.45) is 4.99 Å². The van der Waals surface area contributed by atoms with Crippen LogP contribution in [0.2, 0.25) is 0 Å². The molecule has 0 N–H and O–H groups in total. The molecule has 1 spiro atoms. The second-order valence-corrected chi connectivity index (χ2v) is 8.48. The molecule has 0 aromatic heterocycles. The smallest absolute Gasteiger partial charge is 0.225 e. The molecule has 1 fully saturated rings. The van der Waals surface area contributed by atoms with E-state index in [1.165, 1.54) is 12.0 Å². The van der Waals surface area contributed by atoms with Crippen LogP contribution in [-0.2, 0) is 4.74 Å². The van der Waals surface area contributed by atoms with Crippen LogP contribution in [0.4, 0.5) is 5.69 Å². The molecule has 2 aliphatic rings. The highest BCUT2D eigenvalue weighted by Crippen LogP contribution is 2.46. The van der Waals surface area contributed by atoms with Crippen molar-refractivity contribution in [1.82, 2.24) is 0 Å². The monoisotopic (exact) mass is 429 g/mol. The van der Waals surface area contributed by atoms with Gasteiger partial charge in [-0.05, 0) is 68.1 Å². The van der Waals surface area contributed by atoms with E-state index in [1.54, 1.807) is 0 Å². The molecule has 4 nitrogen and oxygen atoms in total. The number of hydrogen-bond donors (Lipinski definition) is 0. The lowest BCUT2D eigenvalue weighted by Gasteiger charge is -2.34. The topological polar surface area (TPSA) is 48.6 Å². The van der Waals surface area contributed by atoms with Crippen LogP contribution in [0.1, 0.15) is 51.0 Å². The number of nitriles is 1. The normalized spacial score (nSPS) is 18.6. The Bertz CT molecular complexity index is 1030. The summed E-state index contributed by atoms with van der Waals surface area (Å²) in [6, 6.07) is 22.4. The molecule has 0 amide bonds. The predicted octanol–water partition coefficient (Wildman–Crippen LogP) is 6.30. The van der Waals surface area contributed by atoms with Gasteiger partial charge in [-0.15, -0.1) is 0 Å². The SMILES string of the molecule is CC1=C(c2ccccc2)/C(=N/C(=S)N(CCC#N)c2ccccc2)OC12CCCCC2. The van der Waals surface area contributed by atoms with Gasteiger partial charge in [0.25, 0.3) is 0 Å². The van der Waals surface area contributed by atoms with Crippen LogP contribution in [0.3, 0.4) is 0 Å². The molecule has 1 aliphatic heterocycles. The number of para-hydroxylation sites is 1. The Morgan fingerprint density at radius 2 is 1.71 bits per heavy atom. The zero-order valence-electron chi connectivity index (χ0n) is 17.9. The standard InChI is InChI=1S/C26H27N3OS/c1-20-23(21-12-5-2-6-13-21)24(30-26(20)16-9-4-10-17-26)28-25(31)29(19-11-18-27)22-14-7-3-8-15-22/h2-3,5-8,12-15H,4,9-11,16-17,19H2,1H3/b28-24-. The van der Waals surface area contributed by atoms with E-state index in [1.807, 2.05) is 53.4 Å². The van der Waals surface area contributed by atoms with Gasteiger partial charge < -0.3 is 9.64 Å². The van der Waals surface area contributed by atoms with Gasteiger partial charge in [-0.25, -0.2) is 0 Å². The van der Waals surface area contributed by atoms with E-state index >= 15 is 0 Å². The number of anilines is 1. The number of rotatable bonds is 4. The van der Waals surface area contributed by atoms with Crippen molar-refractivity contribution in [3.05, 3.63) is 71.8 Å². The van der Waals surface area contributed by atoms with Gasteiger partial charge in [-0.3, -0.25) is 0 Å². The van der Waals surface area contributed by atoms with Crippen molar-refractivity contribution in [3.8, 4) is 6.07 Å². The Morgan fingerprint density at radius 1 is 1.06 bits per heavy atom. The maximum absolute atomic E-state index is 9.13. The molecule has 4 rings (SSSR count). The second kappa shape index (κ2) is 9.45. The summed E-state index contributed by atoms with van der Waals surface area (Å²) in [5, 5.41) is 9.55. The van der Waals surface area contributed by atoms with Crippen molar-refractivity contribution < 1.29 is 4.74 Å². The van der Waals surface area contributed by atoms with Crippen molar-refractivity contribution in [3.63, 3.8) is 0 Å². The Morgan fingerprint density at radius 3 is 2.35 bits per heavy atom. The number of aliphatic imine (C=N–C) groups is 1. The van der Waals surface area contributed by atoms with Crippen LogP contribution in [0.25, 0.3) is 5.57 Å². The molecule has 0 atom stereocenters. The van der Waals surface area contributed by atoms with Crippen LogP contribution in [0.15, 0.2) is 71.2 Å². The summed E-state index contributed by atoms with van der Waals surface area (Å²) in [4.78, 5) is 6.76. The van der Waals surface area contributed by atoms with Crippen LogP contribution < -0.4 is 4.90 Å². The average molecular weight is 430 g/mol. The number of ether oxygens (including phenoxy) is 1. The summed E-state index contributed by atoms with van der Waals surface area (Å²) in [5.74, 6) is 0.605. The first kappa shape index (κ1) is 21.3. The fourth-order valence-corrected chi connectivity index (χ4v) is 4.86. The van der Waals surface area contributed by atoms with Gasteiger partial charge in [0, 0.05) is 17.8 Å². The zero-order chi connectivity index (χ0) is 21.7. The van der Waals surface area contributed by atoms with Crippen molar-refractivity contribution in [2.75, 3.05) is 11.4 Å². The van der Waals surface area contributed by atoms with Crippen molar-refractivity contribution >= 4 is 34.5 Å². The summed E-state index contributed by atoms with van der Waals surface area (Å²) in [6.07, 6.45) is 5.96. The number of hydrogen-bond acceptors (Lipinski definition) is 3. The van der Waals surface area contributed by atoms with Gasteiger partial charge >= 0.3 is 0 Å². The summed E-state index contributed by atoms with van der Waals surface area (Å²) in [7, 11) is 0. The van der Waals surface area contributed by atoms with E-state index < -0.39 is 0 Å². The molecular weight excluding hydrogens is 402 g/mol. The van der Waals surface area contributed by atoms with E-state index in [0.29, 0.717) is 24.0 Å². The Hall–Kier alpha value is -2.97. The molecule has 0 radical (unpaired) electrons. The Kier molecular flexibility index (Phi) is 6.48. The first-order chi connectivity index (χ1) is 15.1. The van der Waals surface area contributed by atoms with Crippen molar-refractivity contribution in [1.29, 1.82) is 5.26 Å². The van der Waals surface area contributed by atoms with E-state index in [9.17, 15) is 0 Å². The third-order valence-corrected chi connectivity index (χ3v) is 6.54. The minimum absolute atomic E-state index is 0.276. The third-order valence-electron chi connectivity index (χ3n) is 6.23. The minimum atomic E-state index is -0.276. The lowest BCUT2D eigenvalue weighted by atomic mass is 9.79. The first-order valence-corrected chi connectivity index (χ1v) is 11.3. The summed E-state index contributed by atoms with van der Waals surface area (Å²) in [6.45, 7) is 2.68. The molecule has 0 bridgehead atoms. The molecule has 2 aromatic carbocycles. The molecule has 1 aliphatic carbocycles. The first-order valence-electron chi connectivity index (χ1n) is 10.9. The fraction of sp³-hybridized carbons (Fsp3) is 0.346. The quantitative estimate of drug-likeness (QED) is 0.535. The van der Waals surface area contributed by atoms with Gasteiger partial charge in [0.2, 0.25) is 11.0 Å². The van der Waals surface area contributed by atoms with Gasteiger partial charge in [-0.2, -0.15) is 10.3 Å². The molecule has 5 heteroatoms. The molecule has 0 unspecified atom stereocenters. The summed E-state index contributed by atoms with van der Waals surface area (Å²) < 4.78 is 6.63. The number of nitrogens with zero attached hydrogens (tertiary/aromatic N) is 3. The molecule has 0 saturated heterocycles. The lowest BCUT2D eigenvalue weighted by molar-refractivity contribution is 0.0660. The van der Waals surface area contributed by atoms with Crippen molar-refractivity contribution in [2.45, 2.75) is 51.0 Å². The van der Waals surface area contributed by atoms with Gasteiger partial charge in [0.15, 0.2) is 0 Å². The Labute approximate surface area is 189 Å². The van der Waals surface area contributed by atoms with Crippen LogP contribution in [0, 0.1) is 11.3 Å². The van der Waals surface area contributed by atoms with E-state index in [4.69, 9.17) is 27.2 Å². The third kappa shape index (κ3) is 4.40. The van der Waals surface area contributed by atoms with E-state index in [0.717, 1.165) is 42.5 Å². The zero-order valence-corrected chi connectivity index (χ0v) is 18.7. The predicted molar refractivity (Wildman–Crippen MR) is 130 cm³/mol. The molecule has 158 valence electrons. The van der Waals surface area contributed by atoms with Crippen LogP contribution >= 0.6 is 12.2 Å². The number of thiocarbonyl (C=S) groups is 1. The lowest BCUT2D eigenvalue weighted by Crippen LogP contribution is -2.34. The minimum Gasteiger partial charge on any atom is -0.466 e. The second-order valence-electron chi connectivity index (χ2n) is 8.12. The highest BCUT2D eigenvalue weighted by atomic mass is 32.1. The Balaban J connectivity index is 1.73. The molecule has 1 heterocycles. The molecular formula is C26H27N3OS. The summed E-state index contributed by atoms with van der Waals surface area (Å²) >= 11 is 5.77. The van der Waals surface area contributed by atoms with E-state index in [-0.39, 0.29) is 5.60 Å².